The molecule has 7 heteroatoms. The molecule has 24 heavy (non-hydrogen) atoms. The first kappa shape index (κ1) is 17.1. The van der Waals surface area contributed by atoms with Gasteiger partial charge in [0.05, 0.1) is 12.1 Å². The second kappa shape index (κ2) is 6.63. The molecule has 1 amide bonds. The van der Waals surface area contributed by atoms with Gasteiger partial charge >= 0.3 is 6.36 Å². The Balaban J connectivity index is 1.53. The smallest absolute Gasteiger partial charge is 0.406 e. The van der Waals surface area contributed by atoms with Gasteiger partial charge in [0.1, 0.15) is 5.75 Å². The van der Waals surface area contributed by atoms with Crippen LogP contribution in [0.1, 0.15) is 43.6 Å². The van der Waals surface area contributed by atoms with Gasteiger partial charge in [-0.1, -0.05) is 25.0 Å². The molecule has 2 saturated carbocycles. The Morgan fingerprint density at radius 1 is 1.17 bits per heavy atom. The Kier molecular flexibility index (Phi) is 4.71. The van der Waals surface area contributed by atoms with Crippen molar-refractivity contribution in [1.29, 1.82) is 0 Å². The van der Waals surface area contributed by atoms with E-state index in [1.807, 2.05) is 0 Å². The van der Waals surface area contributed by atoms with Crippen LogP contribution in [-0.4, -0.2) is 29.5 Å². The number of carbonyl (C=O) groups is 1. The zero-order valence-electron chi connectivity index (χ0n) is 13.1. The third kappa shape index (κ3) is 4.20. The number of hydrogen-bond donors (Lipinski definition) is 2. The third-order valence-electron chi connectivity index (χ3n) is 4.73. The molecule has 2 fully saturated rings. The number of halogens is 3. The van der Waals surface area contributed by atoms with Gasteiger partial charge in [-0.25, -0.2) is 0 Å². The van der Waals surface area contributed by atoms with Crippen molar-refractivity contribution in [2.24, 2.45) is 5.92 Å². The molecule has 4 atom stereocenters. The Bertz CT molecular complexity index is 588. The number of aliphatic hydroxyl groups excluding tert-OH is 1. The topological polar surface area (TPSA) is 58.6 Å². The molecule has 0 bridgehead atoms. The van der Waals surface area contributed by atoms with Gasteiger partial charge in [-0.3, -0.25) is 4.79 Å². The lowest BCUT2D eigenvalue weighted by atomic mass is 9.92. The quantitative estimate of drug-likeness (QED) is 0.883. The summed E-state index contributed by atoms with van der Waals surface area (Å²) in [5.74, 6) is -0.501. The van der Waals surface area contributed by atoms with E-state index in [4.69, 9.17) is 0 Å². The van der Waals surface area contributed by atoms with Gasteiger partial charge in [0.2, 0.25) is 5.91 Å². The van der Waals surface area contributed by atoms with Crippen molar-refractivity contribution >= 4 is 5.91 Å². The summed E-state index contributed by atoms with van der Waals surface area (Å²) in [5.41, 5.74) is 0.828. The summed E-state index contributed by atoms with van der Waals surface area (Å²) in [7, 11) is 0. The molecule has 0 aliphatic heterocycles. The lowest BCUT2D eigenvalue weighted by molar-refractivity contribution is -0.274. The van der Waals surface area contributed by atoms with Crippen molar-refractivity contribution in [3.8, 4) is 5.75 Å². The number of alkyl halides is 3. The van der Waals surface area contributed by atoms with E-state index in [-0.39, 0.29) is 29.5 Å². The van der Waals surface area contributed by atoms with Crippen molar-refractivity contribution in [3.63, 3.8) is 0 Å². The molecule has 4 unspecified atom stereocenters. The molecule has 2 aliphatic rings. The Hall–Kier alpha value is -1.76. The molecule has 0 saturated heterocycles. The number of nitrogens with one attached hydrogen (secondary N) is 1. The first-order valence-electron chi connectivity index (χ1n) is 8.17. The van der Waals surface area contributed by atoms with E-state index in [9.17, 15) is 23.1 Å². The van der Waals surface area contributed by atoms with Crippen LogP contribution in [0.15, 0.2) is 24.3 Å². The fourth-order valence-corrected chi connectivity index (χ4v) is 3.34. The first-order chi connectivity index (χ1) is 11.3. The van der Waals surface area contributed by atoms with E-state index < -0.39 is 12.5 Å². The highest BCUT2D eigenvalue weighted by Gasteiger charge is 2.45. The summed E-state index contributed by atoms with van der Waals surface area (Å²) in [4.78, 5) is 12.3. The van der Waals surface area contributed by atoms with Crippen LogP contribution in [0, 0.1) is 5.92 Å². The zero-order chi connectivity index (χ0) is 17.3. The van der Waals surface area contributed by atoms with Gasteiger partial charge in [-0.15, -0.1) is 13.2 Å². The number of amides is 1. The maximum absolute atomic E-state index is 12.3. The molecule has 132 valence electrons. The molecule has 0 aromatic heterocycles. The summed E-state index contributed by atoms with van der Waals surface area (Å²) in [6, 6.07) is 5.47. The van der Waals surface area contributed by atoms with Gasteiger partial charge < -0.3 is 15.2 Å². The van der Waals surface area contributed by atoms with E-state index in [0.29, 0.717) is 12.8 Å². The minimum atomic E-state index is -4.70. The maximum Gasteiger partial charge on any atom is 0.573 e. The fourth-order valence-electron chi connectivity index (χ4n) is 3.34. The van der Waals surface area contributed by atoms with E-state index in [0.717, 1.165) is 24.8 Å². The number of ether oxygens (including phenoxy) is 1. The van der Waals surface area contributed by atoms with E-state index in [1.165, 1.54) is 12.1 Å². The minimum Gasteiger partial charge on any atom is -0.406 e. The van der Waals surface area contributed by atoms with Crippen LogP contribution in [0.2, 0.25) is 0 Å². The molecule has 3 rings (SSSR count). The lowest BCUT2D eigenvalue weighted by Crippen LogP contribution is -2.45. The summed E-state index contributed by atoms with van der Waals surface area (Å²) in [5, 5.41) is 12.8. The van der Waals surface area contributed by atoms with Crippen molar-refractivity contribution < 1.29 is 27.8 Å². The highest BCUT2D eigenvalue weighted by Crippen LogP contribution is 2.48. The lowest BCUT2D eigenvalue weighted by Gasteiger charge is -2.28. The van der Waals surface area contributed by atoms with E-state index in [2.05, 4.69) is 10.1 Å². The first-order valence-corrected chi connectivity index (χ1v) is 8.17. The molecule has 1 aromatic carbocycles. The SMILES string of the molecule is O=C(NC1CCCCC1O)C1CC1c1ccc(OC(F)(F)F)cc1. The molecule has 4 nitrogen and oxygen atoms in total. The third-order valence-corrected chi connectivity index (χ3v) is 4.73. The van der Waals surface area contributed by atoms with Gasteiger partial charge in [0, 0.05) is 5.92 Å². The number of benzene rings is 1. The van der Waals surface area contributed by atoms with Crippen molar-refractivity contribution in [1.82, 2.24) is 5.32 Å². The average Bonchev–Trinajstić information content (AvgIpc) is 3.29. The summed E-state index contributed by atoms with van der Waals surface area (Å²) in [6.07, 6.45) is -1.05. The number of aliphatic hydroxyl groups is 1. The number of hydrogen-bond acceptors (Lipinski definition) is 3. The normalized spacial score (nSPS) is 29.8. The highest BCUT2D eigenvalue weighted by atomic mass is 19.4. The average molecular weight is 343 g/mol. The molecule has 1 aromatic rings. The predicted octanol–water partition coefficient (Wildman–Crippen LogP) is 3.11. The molecule has 0 heterocycles. The number of carbonyl (C=O) groups excluding carboxylic acids is 1. The highest BCUT2D eigenvalue weighted by molar-refractivity contribution is 5.83. The molecule has 0 spiro atoms. The maximum atomic E-state index is 12.3. The van der Waals surface area contributed by atoms with E-state index in [1.54, 1.807) is 12.1 Å². The van der Waals surface area contributed by atoms with Crippen molar-refractivity contribution in [2.75, 3.05) is 0 Å². The van der Waals surface area contributed by atoms with Gasteiger partial charge in [-0.05, 0) is 42.9 Å². The summed E-state index contributed by atoms with van der Waals surface area (Å²) < 4.78 is 40.3. The van der Waals surface area contributed by atoms with Crippen LogP contribution in [0.25, 0.3) is 0 Å². The molecular formula is C17H20F3NO3. The number of rotatable bonds is 4. The van der Waals surface area contributed by atoms with Crippen molar-refractivity contribution in [3.05, 3.63) is 29.8 Å². The largest absolute Gasteiger partial charge is 0.573 e. The van der Waals surface area contributed by atoms with Crippen LogP contribution in [-0.2, 0) is 4.79 Å². The molecule has 2 N–H and O–H groups in total. The van der Waals surface area contributed by atoms with Gasteiger partial charge in [0.25, 0.3) is 0 Å². The second-order valence-electron chi connectivity index (χ2n) is 6.53. The minimum absolute atomic E-state index is 0.0191. The van der Waals surface area contributed by atoms with Crippen LogP contribution in [0.4, 0.5) is 13.2 Å². The molecule has 0 radical (unpaired) electrons. The second-order valence-corrected chi connectivity index (χ2v) is 6.53. The Labute approximate surface area is 138 Å². The van der Waals surface area contributed by atoms with Gasteiger partial charge in [0.15, 0.2) is 0 Å². The van der Waals surface area contributed by atoms with Crippen molar-refractivity contribution in [2.45, 2.75) is 56.5 Å². The van der Waals surface area contributed by atoms with Crippen LogP contribution in [0.3, 0.4) is 0 Å². The standard InChI is InChI=1S/C17H20F3NO3/c18-17(19,20)24-11-7-5-10(6-8-11)12-9-13(12)16(23)21-14-3-1-2-4-15(14)22/h5-8,12-15,22H,1-4,9H2,(H,21,23). The monoisotopic (exact) mass is 343 g/mol. The van der Waals surface area contributed by atoms with Gasteiger partial charge in [-0.2, -0.15) is 0 Å². The van der Waals surface area contributed by atoms with Crippen LogP contribution < -0.4 is 10.1 Å². The van der Waals surface area contributed by atoms with Crippen LogP contribution >= 0.6 is 0 Å². The molecular weight excluding hydrogens is 323 g/mol. The Morgan fingerprint density at radius 3 is 2.46 bits per heavy atom. The van der Waals surface area contributed by atoms with Crippen LogP contribution in [0.5, 0.6) is 5.75 Å². The molecule has 2 aliphatic carbocycles. The Morgan fingerprint density at radius 2 is 1.83 bits per heavy atom. The zero-order valence-corrected chi connectivity index (χ0v) is 13.1. The van der Waals surface area contributed by atoms with E-state index >= 15 is 0 Å². The fraction of sp³-hybridized carbons (Fsp3) is 0.588. The summed E-state index contributed by atoms with van der Waals surface area (Å²) in [6.45, 7) is 0. The summed E-state index contributed by atoms with van der Waals surface area (Å²) >= 11 is 0. The predicted molar refractivity (Wildman–Crippen MR) is 80.4 cm³/mol.